The molecule has 1 N–H and O–H groups in total. The number of amides is 2. The Balaban J connectivity index is 2.11. The molecule has 0 spiro atoms. The maximum absolute atomic E-state index is 12.2. The first-order valence-electron chi connectivity index (χ1n) is 5.97. The first-order valence-corrected chi connectivity index (χ1v) is 5.97. The van der Waals surface area contributed by atoms with Crippen molar-refractivity contribution in [2.45, 2.75) is 33.4 Å². The molecule has 6 heteroatoms. The molecule has 1 aliphatic rings. The van der Waals surface area contributed by atoms with E-state index in [4.69, 9.17) is 4.52 Å². The topological polar surface area (TPSA) is 75.4 Å². The summed E-state index contributed by atoms with van der Waals surface area (Å²) in [5, 5.41) is 6.55. The highest BCUT2D eigenvalue weighted by Crippen LogP contribution is 2.14. The van der Waals surface area contributed by atoms with Crippen LogP contribution < -0.4 is 5.32 Å². The summed E-state index contributed by atoms with van der Waals surface area (Å²) in [6.07, 6.45) is 0. The fourth-order valence-corrected chi connectivity index (χ4v) is 2.00. The second-order valence-electron chi connectivity index (χ2n) is 4.91. The van der Waals surface area contributed by atoms with Gasteiger partial charge in [-0.2, -0.15) is 0 Å². The predicted molar refractivity (Wildman–Crippen MR) is 63.4 cm³/mol. The third-order valence-electron chi connectivity index (χ3n) is 2.92. The zero-order chi connectivity index (χ0) is 13.3. The van der Waals surface area contributed by atoms with Crippen LogP contribution in [0, 0.1) is 12.8 Å². The first kappa shape index (κ1) is 12.6. The number of carbonyl (C=O) groups excluding carboxylic acids is 2. The summed E-state index contributed by atoms with van der Waals surface area (Å²) >= 11 is 0. The molecule has 2 amide bonds. The molecular weight excluding hydrogens is 234 g/mol. The average molecular weight is 251 g/mol. The van der Waals surface area contributed by atoms with Crippen LogP contribution in [0.15, 0.2) is 10.6 Å². The van der Waals surface area contributed by atoms with Crippen molar-refractivity contribution in [2.24, 2.45) is 5.92 Å². The van der Waals surface area contributed by atoms with Crippen LogP contribution in [-0.2, 0) is 16.1 Å². The van der Waals surface area contributed by atoms with Crippen molar-refractivity contribution >= 4 is 11.8 Å². The van der Waals surface area contributed by atoms with Gasteiger partial charge < -0.3 is 14.7 Å². The summed E-state index contributed by atoms with van der Waals surface area (Å²) in [4.78, 5) is 25.3. The molecule has 0 bridgehead atoms. The Hall–Kier alpha value is -1.85. The summed E-state index contributed by atoms with van der Waals surface area (Å²) in [7, 11) is 0. The van der Waals surface area contributed by atoms with Gasteiger partial charge in [0.25, 0.3) is 0 Å². The average Bonchev–Trinajstić information content (AvgIpc) is 2.68. The number of aryl methyl sites for hydroxylation is 1. The van der Waals surface area contributed by atoms with Gasteiger partial charge >= 0.3 is 0 Å². The Labute approximate surface area is 105 Å². The van der Waals surface area contributed by atoms with Crippen molar-refractivity contribution < 1.29 is 14.1 Å². The molecule has 1 saturated heterocycles. The Bertz CT molecular complexity index is 467. The normalized spacial score (nSPS) is 20.4. The number of nitrogens with one attached hydrogen (secondary N) is 1. The van der Waals surface area contributed by atoms with Gasteiger partial charge in [0, 0.05) is 6.07 Å². The van der Waals surface area contributed by atoms with E-state index in [1.165, 1.54) is 4.90 Å². The SMILES string of the molecule is Cc1cc(CN2CC(=O)NC(C(C)C)C2=O)no1. The van der Waals surface area contributed by atoms with Crippen LogP contribution in [-0.4, -0.2) is 34.5 Å². The minimum absolute atomic E-state index is 0.0646. The minimum Gasteiger partial charge on any atom is -0.361 e. The molecule has 0 radical (unpaired) electrons. The molecule has 1 aromatic rings. The zero-order valence-electron chi connectivity index (χ0n) is 10.8. The van der Waals surface area contributed by atoms with Gasteiger partial charge in [-0.3, -0.25) is 9.59 Å². The molecule has 6 nitrogen and oxygen atoms in total. The molecule has 1 atom stereocenters. The van der Waals surface area contributed by atoms with Crippen LogP contribution in [0.2, 0.25) is 0 Å². The molecule has 0 aromatic carbocycles. The largest absolute Gasteiger partial charge is 0.361 e. The molecule has 2 rings (SSSR count). The highest BCUT2D eigenvalue weighted by atomic mass is 16.5. The third kappa shape index (κ3) is 2.52. The van der Waals surface area contributed by atoms with Crippen LogP contribution in [0.4, 0.5) is 0 Å². The van der Waals surface area contributed by atoms with Gasteiger partial charge in [0.1, 0.15) is 24.0 Å². The number of nitrogens with zero attached hydrogens (tertiary/aromatic N) is 2. The molecule has 98 valence electrons. The van der Waals surface area contributed by atoms with E-state index in [2.05, 4.69) is 10.5 Å². The van der Waals surface area contributed by atoms with Crippen LogP contribution in [0.25, 0.3) is 0 Å². The second kappa shape index (κ2) is 4.80. The standard InChI is InChI=1S/C12H17N3O3/c1-7(2)11-12(17)15(6-10(16)13-11)5-9-4-8(3)18-14-9/h4,7,11H,5-6H2,1-3H3,(H,13,16). The van der Waals surface area contributed by atoms with Crippen molar-refractivity contribution in [3.05, 3.63) is 17.5 Å². The summed E-state index contributed by atoms with van der Waals surface area (Å²) in [6, 6.07) is 1.32. The molecule has 1 unspecified atom stereocenters. The van der Waals surface area contributed by atoms with Crippen molar-refractivity contribution in [3.63, 3.8) is 0 Å². The minimum atomic E-state index is -0.445. The van der Waals surface area contributed by atoms with E-state index in [1.807, 2.05) is 13.8 Å². The van der Waals surface area contributed by atoms with E-state index in [1.54, 1.807) is 13.0 Å². The lowest BCUT2D eigenvalue weighted by Crippen LogP contribution is -2.59. The number of hydrogen-bond donors (Lipinski definition) is 1. The number of carbonyl (C=O) groups is 2. The van der Waals surface area contributed by atoms with Crippen LogP contribution in [0.5, 0.6) is 0 Å². The summed E-state index contributed by atoms with van der Waals surface area (Å²) < 4.78 is 4.95. The molecule has 1 fully saturated rings. The van der Waals surface area contributed by atoms with Gasteiger partial charge in [-0.1, -0.05) is 19.0 Å². The summed E-state index contributed by atoms with van der Waals surface area (Å²) in [6.45, 7) is 6.00. The lowest BCUT2D eigenvalue weighted by Gasteiger charge is -2.33. The summed E-state index contributed by atoms with van der Waals surface area (Å²) in [5.41, 5.74) is 0.665. The maximum atomic E-state index is 12.2. The van der Waals surface area contributed by atoms with E-state index >= 15 is 0 Å². The van der Waals surface area contributed by atoms with Crippen LogP contribution in [0.1, 0.15) is 25.3 Å². The molecule has 1 aliphatic heterocycles. The lowest BCUT2D eigenvalue weighted by molar-refractivity contribution is -0.146. The Kier molecular flexibility index (Phi) is 3.36. The number of hydrogen-bond acceptors (Lipinski definition) is 4. The third-order valence-corrected chi connectivity index (χ3v) is 2.92. The summed E-state index contributed by atoms with van der Waals surface area (Å²) in [5.74, 6) is 0.571. The zero-order valence-corrected chi connectivity index (χ0v) is 10.8. The molecule has 0 aliphatic carbocycles. The smallest absolute Gasteiger partial charge is 0.246 e. The van der Waals surface area contributed by atoms with Gasteiger partial charge in [-0.05, 0) is 12.8 Å². The van der Waals surface area contributed by atoms with E-state index in [0.717, 1.165) is 0 Å². The van der Waals surface area contributed by atoms with Gasteiger partial charge in [0.2, 0.25) is 11.8 Å². The Morgan fingerprint density at radius 3 is 2.83 bits per heavy atom. The van der Waals surface area contributed by atoms with Crippen LogP contribution in [0.3, 0.4) is 0 Å². The number of rotatable bonds is 3. The van der Waals surface area contributed by atoms with Crippen molar-refractivity contribution in [1.29, 1.82) is 0 Å². The van der Waals surface area contributed by atoms with E-state index in [-0.39, 0.29) is 24.3 Å². The van der Waals surface area contributed by atoms with E-state index in [9.17, 15) is 9.59 Å². The molecule has 1 aromatic heterocycles. The fraction of sp³-hybridized carbons (Fsp3) is 0.583. The highest BCUT2D eigenvalue weighted by Gasteiger charge is 2.34. The molecule has 0 saturated carbocycles. The van der Waals surface area contributed by atoms with Gasteiger partial charge in [0.15, 0.2) is 0 Å². The van der Waals surface area contributed by atoms with E-state index < -0.39 is 6.04 Å². The number of piperazine rings is 1. The Morgan fingerprint density at radius 1 is 1.56 bits per heavy atom. The van der Waals surface area contributed by atoms with Crippen LogP contribution >= 0.6 is 0 Å². The lowest BCUT2D eigenvalue weighted by atomic mass is 10.0. The van der Waals surface area contributed by atoms with Gasteiger partial charge in [-0.25, -0.2) is 0 Å². The highest BCUT2D eigenvalue weighted by molar-refractivity contribution is 5.94. The number of aromatic nitrogens is 1. The molecular formula is C12H17N3O3. The van der Waals surface area contributed by atoms with Crippen molar-refractivity contribution in [3.8, 4) is 0 Å². The van der Waals surface area contributed by atoms with Gasteiger partial charge in [0.05, 0.1) is 6.54 Å². The molecule has 2 heterocycles. The molecule has 18 heavy (non-hydrogen) atoms. The van der Waals surface area contributed by atoms with Crippen molar-refractivity contribution in [1.82, 2.24) is 15.4 Å². The second-order valence-corrected chi connectivity index (χ2v) is 4.91. The first-order chi connectivity index (χ1) is 8.47. The quantitative estimate of drug-likeness (QED) is 0.847. The predicted octanol–water partition coefficient (Wildman–Crippen LogP) is 0.466. The fourth-order valence-electron chi connectivity index (χ4n) is 2.00. The van der Waals surface area contributed by atoms with Crippen molar-refractivity contribution in [2.75, 3.05) is 6.54 Å². The maximum Gasteiger partial charge on any atom is 0.246 e. The Morgan fingerprint density at radius 2 is 2.28 bits per heavy atom. The van der Waals surface area contributed by atoms with Gasteiger partial charge in [-0.15, -0.1) is 0 Å². The van der Waals surface area contributed by atoms with E-state index in [0.29, 0.717) is 18.0 Å². The monoisotopic (exact) mass is 251 g/mol.